The molecule has 0 unspecified atom stereocenters. The summed E-state index contributed by atoms with van der Waals surface area (Å²) in [4.78, 5) is 11.4. The van der Waals surface area contributed by atoms with Gasteiger partial charge in [0, 0.05) is 5.56 Å². The van der Waals surface area contributed by atoms with Gasteiger partial charge in [-0.15, -0.1) is 0 Å². The Labute approximate surface area is 113 Å². The molecule has 20 heavy (non-hydrogen) atoms. The monoisotopic (exact) mass is 275 g/mol. The van der Waals surface area contributed by atoms with Crippen molar-refractivity contribution >= 4 is 5.91 Å². The van der Waals surface area contributed by atoms with Gasteiger partial charge >= 0.3 is 5.91 Å². The van der Waals surface area contributed by atoms with Crippen LogP contribution in [-0.2, 0) is 6.61 Å². The second-order valence-corrected chi connectivity index (χ2v) is 3.76. The number of amides is 1. The molecule has 7 heteroatoms. The molecule has 0 atom stereocenters. The van der Waals surface area contributed by atoms with Gasteiger partial charge in [-0.3, -0.25) is 10.2 Å². The molecule has 2 rings (SSSR count). The first kappa shape index (κ1) is 13.6. The summed E-state index contributed by atoms with van der Waals surface area (Å²) in [6.07, 6.45) is 1.31. The van der Waals surface area contributed by atoms with Crippen LogP contribution < -0.4 is 16.0 Å². The van der Waals surface area contributed by atoms with Crippen LogP contribution in [0.3, 0.4) is 0 Å². The maximum absolute atomic E-state index is 13.4. The van der Waals surface area contributed by atoms with E-state index >= 15 is 0 Å². The number of furan rings is 1. The number of halogens is 1. The minimum atomic E-state index is -0.669. The average Bonchev–Trinajstić information content (AvgIpc) is 2.92. The zero-order chi connectivity index (χ0) is 14.5. The summed E-state index contributed by atoms with van der Waals surface area (Å²) in [7, 11) is 0. The second kappa shape index (κ2) is 5.86. The van der Waals surface area contributed by atoms with Crippen molar-refractivity contribution in [2.45, 2.75) is 6.61 Å². The summed E-state index contributed by atoms with van der Waals surface area (Å²) in [5.74, 6) is 3.83. The molecule has 0 aliphatic carbocycles. The van der Waals surface area contributed by atoms with Crippen LogP contribution in [0.4, 0.5) is 4.39 Å². The van der Waals surface area contributed by atoms with Gasteiger partial charge in [0.1, 0.15) is 29.8 Å². The fourth-order valence-corrected chi connectivity index (χ4v) is 1.60. The second-order valence-electron chi connectivity index (χ2n) is 3.76. The van der Waals surface area contributed by atoms with Crippen LogP contribution in [0.2, 0.25) is 0 Å². The molecule has 0 saturated heterocycles. The number of benzene rings is 1. The molecule has 3 N–H and O–H groups in total. The van der Waals surface area contributed by atoms with Crippen molar-refractivity contribution in [3.63, 3.8) is 0 Å². The highest BCUT2D eigenvalue weighted by Gasteiger charge is 2.16. The Morgan fingerprint density at radius 1 is 1.50 bits per heavy atom. The lowest BCUT2D eigenvalue weighted by atomic mass is 10.2. The van der Waals surface area contributed by atoms with E-state index in [9.17, 15) is 9.18 Å². The molecule has 1 aromatic heterocycles. The van der Waals surface area contributed by atoms with E-state index in [0.717, 1.165) is 6.07 Å². The average molecular weight is 275 g/mol. The number of hydrogen-bond acceptors (Lipinski definition) is 5. The first-order valence-corrected chi connectivity index (χ1v) is 5.56. The molecule has 2 aromatic rings. The third-order valence-electron chi connectivity index (χ3n) is 2.55. The summed E-state index contributed by atoms with van der Waals surface area (Å²) >= 11 is 0. The van der Waals surface area contributed by atoms with Gasteiger partial charge in [0.25, 0.3) is 0 Å². The van der Waals surface area contributed by atoms with Gasteiger partial charge in [-0.1, -0.05) is 6.07 Å². The number of nitrogen functional groups attached to an aromatic ring is 1. The van der Waals surface area contributed by atoms with Crippen molar-refractivity contribution in [2.24, 2.45) is 5.84 Å². The Bertz CT molecular complexity index is 676. The molecule has 0 saturated carbocycles. The highest BCUT2D eigenvalue weighted by molar-refractivity contribution is 5.92. The van der Waals surface area contributed by atoms with E-state index in [1.807, 2.05) is 5.43 Å². The number of hydrazine groups is 1. The molecule has 0 fully saturated rings. The molecule has 1 aromatic carbocycles. The zero-order valence-corrected chi connectivity index (χ0v) is 10.2. The van der Waals surface area contributed by atoms with Crippen LogP contribution in [0.15, 0.2) is 34.9 Å². The fourth-order valence-electron chi connectivity index (χ4n) is 1.60. The lowest BCUT2D eigenvalue weighted by Gasteiger charge is -2.07. The van der Waals surface area contributed by atoms with Gasteiger partial charge in [-0.05, 0) is 18.2 Å². The summed E-state index contributed by atoms with van der Waals surface area (Å²) < 4.78 is 23.7. The number of hydrogen-bond donors (Lipinski definition) is 2. The summed E-state index contributed by atoms with van der Waals surface area (Å²) in [6.45, 7) is -0.0581. The van der Waals surface area contributed by atoms with Gasteiger partial charge in [-0.25, -0.2) is 10.2 Å². The normalized spacial score (nSPS) is 9.85. The summed E-state index contributed by atoms with van der Waals surface area (Å²) in [5, 5.41) is 8.87. The molecule has 0 bridgehead atoms. The predicted molar refractivity (Wildman–Crippen MR) is 65.8 cm³/mol. The Kier molecular flexibility index (Phi) is 3.98. The number of nitrogens with zero attached hydrogens (tertiary/aromatic N) is 1. The number of carbonyl (C=O) groups is 1. The molecule has 1 amide bonds. The van der Waals surface area contributed by atoms with Crippen LogP contribution in [0, 0.1) is 17.1 Å². The Morgan fingerprint density at radius 2 is 2.30 bits per heavy atom. The SMILES string of the molecule is N#Cc1c(F)cccc1OCc1ccoc1C(=O)NN. The van der Waals surface area contributed by atoms with Crippen LogP contribution in [0.1, 0.15) is 21.7 Å². The fraction of sp³-hybridized carbons (Fsp3) is 0.0769. The van der Waals surface area contributed by atoms with E-state index in [-0.39, 0.29) is 23.7 Å². The molecule has 6 nitrogen and oxygen atoms in total. The van der Waals surface area contributed by atoms with E-state index in [0.29, 0.717) is 5.56 Å². The van der Waals surface area contributed by atoms with Crippen molar-refractivity contribution in [1.82, 2.24) is 5.43 Å². The molecule has 1 heterocycles. The minimum Gasteiger partial charge on any atom is -0.487 e. The third-order valence-corrected chi connectivity index (χ3v) is 2.55. The van der Waals surface area contributed by atoms with Crippen LogP contribution in [0.5, 0.6) is 5.75 Å². The Morgan fingerprint density at radius 3 is 3.00 bits per heavy atom. The first-order valence-electron chi connectivity index (χ1n) is 5.56. The van der Waals surface area contributed by atoms with E-state index < -0.39 is 11.7 Å². The molecule has 0 aliphatic heterocycles. The van der Waals surface area contributed by atoms with Crippen molar-refractivity contribution in [1.29, 1.82) is 5.26 Å². The van der Waals surface area contributed by atoms with Crippen LogP contribution in [0.25, 0.3) is 0 Å². The largest absolute Gasteiger partial charge is 0.487 e. The number of rotatable bonds is 4. The number of ether oxygens (including phenoxy) is 1. The van der Waals surface area contributed by atoms with Crippen molar-refractivity contribution in [2.75, 3.05) is 0 Å². The lowest BCUT2D eigenvalue weighted by molar-refractivity contribution is 0.0922. The minimum absolute atomic E-state index is 0.00223. The zero-order valence-electron chi connectivity index (χ0n) is 10.2. The maximum Gasteiger partial charge on any atom is 0.301 e. The van der Waals surface area contributed by atoms with Gasteiger partial charge in [0.05, 0.1) is 6.26 Å². The van der Waals surface area contributed by atoms with E-state index in [4.69, 9.17) is 20.3 Å². The number of nitriles is 1. The van der Waals surface area contributed by atoms with Gasteiger partial charge in [0.2, 0.25) is 0 Å². The molecule has 0 radical (unpaired) electrons. The van der Waals surface area contributed by atoms with Crippen LogP contribution >= 0.6 is 0 Å². The van der Waals surface area contributed by atoms with Crippen molar-refractivity contribution in [3.8, 4) is 11.8 Å². The van der Waals surface area contributed by atoms with Crippen molar-refractivity contribution in [3.05, 3.63) is 53.2 Å². The molecule has 0 spiro atoms. The Hall–Kier alpha value is -2.85. The third kappa shape index (κ3) is 2.60. The molecular formula is C13H10FN3O3. The smallest absolute Gasteiger partial charge is 0.301 e. The summed E-state index contributed by atoms with van der Waals surface area (Å²) in [6, 6.07) is 7.29. The van der Waals surface area contributed by atoms with E-state index in [1.54, 1.807) is 6.07 Å². The number of nitrogens with one attached hydrogen (secondary N) is 1. The quantitative estimate of drug-likeness (QED) is 0.500. The number of nitrogens with two attached hydrogens (primary N) is 1. The van der Waals surface area contributed by atoms with Gasteiger partial charge in [-0.2, -0.15) is 5.26 Å². The van der Waals surface area contributed by atoms with Gasteiger partial charge in [0.15, 0.2) is 5.76 Å². The summed E-state index contributed by atoms with van der Waals surface area (Å²) in [5.41, 5.74) is 2.17. The first-order chi connectivity index (χ1) is 9.67. The highest BCUT2D eigenvalue weighted by Crippen LogP contribution is 2.22. The molecule has 0 aliphatic rings. The Balaban J connectivity index is 2.18. The maximum atomic E-state index is 13.4. The van der Waals surface area contributed by atoms with E-state index in [1.165, 1.54) is 24.5 Å². The molecule has 102 valence electrons. The predicted octanol–water partition coefficient (Wildman–Crippen LogP) is 1.47. The standard InChI is InChI=1S/C13H10FN3O3/c14-10-2-1-3-11(9(10)6-15)20-7-8-4-5-19-12(8)13(18)17-16/h1-5H,7,16H2,(H,17,18). The van der Waals surface area contributed by atoms with E-state index in [2.05, 4.69) is 0 Å². The lowest BCUT2D eigenvalue weighted by Crippen LogP contribution is -2.30. The van der Waals surface area contributed by atoms with Crippen molar-refractivity contribution < 1.29 is 18.3 Å². The van der Waals surface area contributed by atoms with Crippen LogP contribution in [-0.4, -0.2) is 5.91 Å². The topological polar surface area (TPSA) is 101 Å². The van der Waals surface area contributed by atoms with Gasteiger partial charge < -0.3 is 9.15 Å². The molecular weight excluding hydrogens is 265 g/mol. The number of carbonyl (C=O) groups excluding carboxylic acids is 1. The highest BCUT2D eigenvalue weighted by atomic mass is 19.1.